The fourth-order valence-corrected chi connectivity index (χ4v) is 2.34. The van der Waals surface area contributed by atoms with E-state index in [9.17, 15) is 4.39 Å². The van der Waals surface area contributed by atoms with Gasteiger partial charge in [0, 0.05) is 5.02 Å². The van der Waals surface area contributed by atoms with Crippen molar-refractivity contribution in [1.82, 2.24) is 9.55 Å². The average molecular weight is 276 g/mol. The first-order valence-corrected chi connectivity index (χ1v) is 6.15. The topological polar surface area (TPSA) is 43.8 Å². The van der Waals surface area contributed by atoms with E-state index in [-0.39, 0.29) is 17.3 Å². The van der Waals surface area contributed by atoms with Gasteiger partial charge in [0.1, 0.15) is 5.52 Å². The summed E-state index contributed by atoms with van der Waals surface area (Å²) >= 11 is 6.12. The molecule has 0 amide bonds. The number of nitrogens with two attached hydrogens (primary N) is 1. The van der Waals surface area contributed by atoms with E-state index in [1.165, 1.54) is 6.07 Å². The number of hydrogen-bond acceptors (Lipinski definition) is 2. The van der Waals surface area contributed by atoms with E-state index in [2.05, 4.69) is 4.98 Å². The molecule has 0 fully saturated rings. The fraction of sp³-hybridized carbons (Fsp3) is 0.0714. The van der Waals surface area contributed by atoms with Gasteiger partial charge in [0.05, 0.1) is 11.2 Å². The lowest BCUT2D eigenvalue weighted by molar-refractivity contribution is 0.637. The lowest BCUT2D eigenvalue weighted by Gasteiger charge is -2.11. The number of anilines is 1. The van der Waals surface area contributed by atoms with Gasteiger partial charge in [-0.25, -0.2) is 9.37 Å². The monoisotopic (exact) mass is 275 g/mol. The van der Waals surface area contributed by atoms with Crippen LogP contribution in [-0.2, 0) is 0 Å². The summed E-state index contributed by atoms with van der Waals surface area (Å²) in [5, 5.41) is 0.634. The van der Waals surface area contributed by atoms with E-state index in [4.69, 9.17) is 17.3 Å². The van der Waals surface area contributed by atoms with Crippen molar-refractivity contribution in [1.29, 1.82) is 0 Å². The quantitative estimate of drug-likeness (QED) is 0.736. The summed E-state index contributed by atoms with van der Waals surface area (Å²) in [5.74, 6) is -0.145. The second-order valence-corrected chi connectivity index (χ2v) is 4.70. The first-order valence-electron chi connectivity index (χ1n) is 5.77. The third-order valence-corrected chi connectivity index (χ3v) is 3.55. The molecule has 0 aliphatic heterocycles. The van der Waals surface area contributed by atoms with E-state index < -0.39 is 0 Å². The number of para-hydroxylation sites is 1. The lowest BCUT2D eigenvalue weighted by Crippen LogP contribution is -2.02. The maximum atomic E-state index is 13.7. The molecule has 1 heterocycles. The SMILES string of the molecule is Cc1c(Cl)cccc1-n1c(N)nc2c(F)cccc21. The van der Waals surface area contributed by atoms with Crippen molar-refractivity contribution < 1.29 is 4.39 Å². The van der Waals surface area contributed by atoms with Crippen LogP contribution in [0.25, 0.3) is 16.7 Å². The van der Waals surface area contributed by atoms with Crippen LogP contribution >= 0.6 is 11.6 Å². The summed E-state index contributed by atoms with van der Waals surface area (Å²) in [4.78, 5) is 4.08. The molecule has 0 unspecified atom stereocenters. The highest BCUT2D eigenvalue weighted by atomic mass is 35.5. The summed E-state index contributed by atoms with van der Waals surface area (Å²) in [6, 6.07) is 10.3. The number of nitrogens with zero attached hydrogens (tertiary/aromatic N) is 2. The van der Waals surface area contributed by atoms with E-state index in [1.54, 1.807) is 22.8 Å². The van der Waals surface area contributed by atoms with Crippen LogP contribution < -0.4 is 5.73 Å². The predicted molar refractivity (Wildman–Crippen MR) is 75.2 cm³/mol. The van der Waals surface area contributed by atoms with Crippen molar-refractivity contribution in [2.75, 3.05) is 5.73 Å². The minimum Gasteiger partial charge on any atom is -0.369 e. The van der Waals surface area contributed by atoms with Gasteiger partial charge in [-0.2, -0.15) is 0 Å². The number of fused-ring (bicyclic) bond motifs is 1. The van der Waals surface area contributed by atoms with Crippen LogP contribution in [0, 0.1) is 12.7 Å². The van der Waals surface area contributed by atoms with Gasteiger partial charge in [-0.15, -0.1) is 0 Å². The third-order valence-electron chi connectivity index (χ3n) is 3.14. The van der Waals surface area contributed by atoms with E-state index in [1.807, 2.05) is 19.1 Å². The molecule has 0 aliphatic rings. The molecule has 96 valence electrons. The van der Waals surface area contributed by atoms with Crippen LogP contribution in [0.1, 0.15) is 5.56 Å². The molecule has 0 spiro atoms. The summed E-state index contributed by atoms with van der Waals surface area (Å²) in [6.45, 7) is 1.89. The second kappa shape index (κ2) is 4.24. The molecular formula is C14H11ClFN3. The minimum atomic E-state index is -0.386. The lowest BCUT2D eigenvalue weighted by atomic mass is 10.2. The summed E-state index contributed by atoms with van der Waals surface area (Å²) in [7, 11) is 0. The summed E-state index contributed by atoms with van der Waals surface area (Å²) in [6.07, 6.45) is 0. The maximum absolute atomic E-state index is 13.7. The van der Waals surface area contributed by atoms with Gasteiger partial charge in [-0.3, -0.25) is 4.57 Å². The normalized spacial score (nSPS) is 11.1. The molecule has 0 aliphatic carbocycles. The Balaban J connectivity index is 2.40. The first-order chi connectivity index (χ1) is 9.09. The van der Waals surface area contributed by atoms with Crippen molar-refractivity contribution in [3.63, 3.8) is 0 Å². The zero-order chi connectivity index (χ0) is 13.6. The highest BCUT2D eigenvalue weighted by molar-refractivity contribution is 6.31. The molecule has 2 N–H and O–H groups in total. The molecule has 1 aromatic heterocycles. The molecule has 0 saturated carbocycles. The average Bonchev–Trinajstić information content (AvgIpc) is 2.71. The Morgan fingerprint density at radius 1 is 1.21 bits per heavy atom. The highest BCUT2D eigenvalue weighted by Crippen LogP contribution is 2.29. The van der Waals surface area contributed by atoms with Crippen molar-refractivity contribution >= 4 is 28.6 Å². The van der Waals surface area contributed by atoms with Crippen molar-refractivity contribution in [3.05, 3.63) is 52.8 Å². The van der Waals surface area contributed by atoms with Crippen molar-refractivity contribution in [2.45, 2.75) is 6.92 Å². The Bertz CT molecular complexity index is 780. The molecule has 3 aromatic rings. The fourth-order valence-electron chi connectivity index (χ4n) is 2.17. The Morgan fingerprint density at radius 2 is 1.95 bits per heavy atom. The minimum absolute atomic E-state index is 0.241. The molecule has 5 heteroatoms. The van der Waals surface area contributed by atoms with Gasteiger partial charge in [-0.1, -0.05) is 23.7 Å². The predicted octanol–water partition coefficient (Wildman–Crippen LogP) is 3.71. The highest BCUT2D eigenvalue weighted by Gasteiger charge is 2.15. The van der Waals surface area contributed by atoms with Gasteiger partial charge in [-0.05, 0) is 36.8 Å². The smallest absolute Gasteiger partial charge is 0.206 e. The van der Waals surface area contributed by atoms with Gasteiger partial charge in [0.25, 0.3) is 0 Å². The number of hydrogen-bond donors (Lipinski definition) is 1. The standard InChI is InChI=1S/C14H11ClFN3/c1-8-9(15)4-2-6-11(8)19-12-7-3-5-10(16)13(12)18-14(19)17/h2-7H,1H3,(H2,17,18). The Labute approximate surface area is 114 Å². The molecule has 0 atom stereocenters. The van der Waals surface area contributed by atoms with Crippen LogP contribution in [-0.4, -0.2) is 9.55 Å². The number of imidazole rings is 1. The molecule has 0 bridgehead atoms. The van der Waals surface area contributed by atoms with Crippen molar-refractivity contribution in [2.24, 2.45) is 0 Å². The Hall–Kier alpha value is -2.07. The molecule has 0 saturated heterocycles. The molecule has 0 radical (unpaired) electrons. The van der Waals surface area contributed by atoms with Crippen LogP contribution in [0.2, 0.25) is 5.02 Å². The van der Waals surface area contributed by atoms with E-state index in [0.717, 1.165) is 11.3 Å². The Morgan fingerprint density at radius 3 is 2.74 bits per heavy atom. The molecular weight excluding hydrogens is 265 g/mol. The first kappa shape index (κ1) is 12.0. The third kappa shape index (κ3) is 1.76. The van der Waals surface area contributed by atoms with Crippen LogP contribution in [0.4, 0.5) is 10.3 Å². The molecule has 3 rings (SSSR count). The molecule has 19 heavy (non-hydrogen) atoms. The summed E-state index contributed by atoms with van der Waals surface area (Å²) in [5.41, 5.74) is 8.48. The second-order valence-electron chi connectivity index (χ2n) is 4.30. The van der Waals surface area contributed by atoms with Gasteiger partial charge >= 0.3 is 0 Å². The van der Waals surface area contributed by atoms with E-state index in [0.29, 0.717) is 10.5 Å². The van der Waals surface area contributed by atoms with Gasteiger partial charge in [0.15, 0.2) is 5.82 Å². The maximum Gasteiger partial charge on any atom is 0.206 e. The molecule has 3 nitrogen and oxygen atoms in total. The number of halogens is 2. The largest absolute Gasteiger partial charge is 0.369 e. The summed E-state index contributed by atoms with van der Waals surface area (Å²) < 4.78 is 15.4. The number of aromatic nitrogens is 2. The van der Waals surface area contributed by atoms with Crippen LogP contribution in [0.15, 0.2) is 36.4 Å². The zero-order valence-electron chi connectivity index (χ0n) is 10.2. The number of benzene rings is 2. The molecule has 2 aromatic carbocycles. The number of rotatable bonds is 1. The van der Waals surface area contributed by atoms with Crippen LogP contribution in [0.3, 0.4) is 0 Å². The van der Waals surface area contributed by atoms with Crippen molar-refractivity contribution in [3.8, 4) is 5.69 Å². The van der Waals surface area contributed by atoms with Gasteiger partial charge in [0.2, 0.25) is 5.95 Å². The Kier molecular flexibility index (Phi) is 2.68. The van der Waals surface area contributed by atoms with Gasteiger partial charge < -0.3 is 5.73 Å². The van der Waals surface area contributed by atoms with E-state index >= 15 is 0 Å². The zero-order valence-corrected chi connectivity index (χ0v) is 10.9. The van der Waals surface area contributed by atoms with Crippen LogP contribution in [0.5, 0.6) is 0 Å². The number of nitrogen functional groups attached to an aromatic ring is 1.